The Hall–Kier alpha value is -4.76. The van der Waals surface area contributed by atoms with Crippen molar-refractivity contribution in [3.8, 4) is 0 Å². The smallest absolute Gasteiger partial charge is 0.210 e. The Morgan fingerprint density at radius 1 is 0.514 bits per heavy atom. The van der Waals surface area contributed by atoms with Crippen molar-refractivity contribution >= 4 is 60.3 Å². The molecule has 0 atom stereocenters. The van der Waals surface area contributed by atoms with Crippen LogP contribution in [0.25, 0.3) is 43.1 Å². The van der Waals surface area contributed by atoms with Gasteiger partial charge in [0.2, 0.25) is 5.78 Å². The van der Waals surface area contributed by atoms with E-state index in [1.165, 1.54) is 6.08 Å². The van der Waals surface area contributed by atoms with E-state index in [-0.39, 0.29) is 11.6 Å². The first-order valence-electron chi connectivity index (χ1n) is 11.6. The van der Waals surface area contributed by atoms with Gasteiger partial charge in [-0.25, -0.2) is 0 Å². The lowest BCUT2D eigenvalue weighted by atomic mass is 9.84. The van der Waals surface area contributed by atoms with Gasteiger partial charge in [0.1, 0.15) is 0 Å². The van der Waals surface area contributed by atoms with Gasteiger partial charge < -0.3 is 5.32 Å². The number of nitrogens with one attached hydrogen (secondary N) is 1. The van der Waals surface area contributed by atoms with Crippen molar-refractivity contribution in [2.24, 2.45) is 0 Å². The average molecular weight is 450 g/mol. The Labute approximate surface area is 201 Å². The van der Waals surface area contributed by atoms with Crippen LogP contribution in [0.1, 0.15) is 20.7 Å². The summed E-state index contributed by atoms with van der Waals surface area (Å²) in [6.07, 6.45) is 1.42. The van der Waals surface area contributed by atoms with Crippen molar-refractivity contribution in [3.05, 3.63) is 126 Å². The molecule has 0 aromatic heterocycles. The highest BCUT2D eigenvalue weighted by Gasteiger charge is 2.29. The van der Waals surface area contributed by atoms with E-state index >= 15 is 0 Å². The molecular weight excluding hydrogens is 430 g/mol. The third-order valence-electron chi connectivity index (χ3n) is 6.94. The summed E-state index contributed by atoms with van der Waals surface area (Å²) < 4.78 is 0. The van der Waals surface area contributed by atoms with Gasteiger partial charge in [0.15, 0.2) is 5.78 Å². The predicted octanol–water partition coefficient (Wildman–Crippen LogP) is 7.67. The van der Waals surface area contributed by atoms with E-state index in [0.717, 1.165) is 48.8 Å². The second-order valence-corrected chi connectivity index (χ2v) is 8.94. The predicted molar refractivity (Wildman–Crippen MR) is 143 cm³/mol. The number of para-hydroxylation sites is 1. The molecule has 0 heterocycles. The lowest BCUT2D eigenvalue weighted by Gasteiger charge is -2.20. The zero-order valence-corrected chi connectivity index (χ0v) is 18.7. The maximum Gasteiger partial charge on any atom is 0.210 e. The number of allylic oxidation sites excluding steroid dienone is 2. The molecular formula is C32H19NO2. The van der Waals surface area contributed by atoms with E-state index in [2.05, 4.69) is 47.8 Å². The molecule has 164 valence electrons. The monoisotopic (exact) mass is 449 g/mol. The zero-order chi connectivity index (χ0) is 23.5. The van der Waals surface area contributed by atoms with Gasteiger partial charge in [0.25, 0.3) is 0 Å². The van der Waals surface area contributed by atoms with Crippen molar-refractivity contribution in [3.63, 3.8) is 0 Å². The lowest BCUT2D eigenvalue weighted by Crippen LogP contribution is -2.22. The molecule has 7 rings (SSSR count). The normalized spacial score (nSPS) is 13.4. The Morgan fingerprint density at radius 2 is 1.11 bits per heavy atom. The fraction of sp³-hybridized carbons (Fsp3) is 0. The third kappa shape index (κ3) is 2.92. The van der Waals surface area contributed by atoms with Gasteiger partial charge in [-0.2, -0.15) is 0 Å². The molecule has 6 aromatic rings. The highest BCUT2D eigenvalue weighted by atomic mass is 16.1. The summed E-state index contributed by atoms with van der Waals surface area (Å²) in [4.78, 5) is 27.2. The van der Waals surface area contributed by atoms with Gasteiger partial charge in [0.05, 0.1) is 5.70 Å². The second kappa shape index (κ2) is 7.37. The quantitative estimate of drug-likeness (QED) is 0.276. The Kier molecular flexibility index (Phi) is 4.15. The van der Waals surface area contributed by atoms with E-state index in [1.54, 1.807) is 6.07 Å². The van der Waals surface area contributed by atoms with Crippen LogP contribution in [0.15, 0.2) is 115 Å². The summed E-state index contributed by atoms with van der Waals surface area (Å²) in [5.74, 6) is -0.333. The number of rotatable bonds is 2. The van der Waals surface area contributed by atoms with Crippen LogP contribution >= 0.6 is 0 Å². The van der Waals surface area contributed by atoms with Crippen LogP contribution in [-0.4, -0.2) is 11.6 Å². The van der Waals surface area contributed by atoms with Crippen molar-refractivity contribution in [1.82, 2.24) is 0 Å². The van der Waals surface area contributed by atoms with E-state index in [0.29, 0.717) is 16.8 Å². The first-order chi connectivity index (χ1) is 17.2. The van der Waals surface area contributed by atoms with Gasteiger partial charge in [0, 0.05) is 28.3 Å². The van der Waals surface area contributed by atoms with Crippen LogP contribution in [0.3, 0.4) is 0 Å². The molecule has 0 saturated heterocycles. The molecule has 1 N–H and O–H groups in total. The van der Waals surface area contributed by atoms with Crippen LogP contribution < -0.4 is 5.32 Å². The molecule has 6 aromatic carbocycles. The molecule has 1 aliphatic rings. The number of anilines is 1. The molecule has 1 aliphatic carbocycles. The van der Waals surface area contributed by atoms with E-state index in [4.69, 9.17) is 0 Å². The topological polar surface area (TPSA) is 46.2 Å². The largest absolute Gasteiger partial charge is 0.352 e. The number of carbonyl (C=O) groups is 2. The number of hydrogen-bond donors (Lipinski definition) is 1. The lowest BCUT2D eigenvalue weighted by molar-refractivity contribution is 0.0987. The molecule has 0 saturated carbocycles. The van der Waals surface area contributed by atoms with E-state index in [1.807, 2.05) is 54.6 Å². The maximum atomic E-state index is 13.9. The molecule has 0 unspecified atom stereocenters. The van der Waals surface area contributed by atoms with Gasteiger partial charge in [-0.3, -0.25) is 9.59 Å². The second-order valence-electron chi connectivity index (χ2n) is 8.94. The van der Waals surface area contributed by atoms with Gasteiger partial charge >= 0.3 is 0 Å². The van der Waals surface area contributed by atoms with Crippen molar-refractivity contribution in [2.75, 3.05) is 5.32 Å². The van der Waals surface area contributed by atoms with Crippen molar-refractivity contribution < 1.29 is 9.59 Å². The third-order valence-corrected chi connectivity index (χ3v) is 6.94. The standard InChI is InChI=1S/C32H19NO2/c34-27-18-26(33-23-7-2-1-3-8-23)32(35)31-25(27)17-16-22-15-14-21-13-12-20-11-10-19-6-4-5-9-24(19)28(20)29(21)30(22)31/h1-18,33H. The minimum absolute atomic E-state index is 0.165. The Balaban J connectivity index is 1.60. The Morgan fingerprint density at radius 3 is 1.89 bits per heavy atom. The molecule has 0 bridgehead atoms. The molecule has 35 heavy (non-hydrogen) atoms. The zero-order valence-electron chi connectivity index (χ0n) is 18.7. The van der Waals surface area contributed by atoms with Crippen LogP contribution in [0, 0.1) is 0 Å². The molecule has 0 fully saturated rings. The highest BCUT2D eigenvalue weighted by Crippen LogP contribution is 2.40. The van der Waals surface area contributed by atoms with E-state index in [9.17, 15) is 9.59 Å². The number of carbonyl (C=O) groups excluding carboxylic acids is 2. The average Bonchev–Trinajstić information content (AvgIpc) is 2.90. The van der Waals surface area contributed by atoms with Crippen LogP contribution in [0.5, 0.6) is 0 Å². The number of Topliss-reactive ketones (excluding diaryl/α,β-unsaturated/α-hetero) is 1. The summed E-state index contributed by atoms with van der Waals surface area (Å²) in [5.41, 5.74) is 1.98. The Bertz CT molecular complexity index is 1890. The molecule has 3 heteroatoms. The highest BCUT2D eigenvalue weighted by molar-refractivity contribution is 6.36. The molecule has 0 aliphatic heterocycles. The molecule has 0 spiro atoms. The van der Waals surface area contributed by atoms with Crippen molar-refractivity contribution in [1.29, 1.82) is 0 Å². The van der Waals surface area contributed by atoms with Crippen LogP contribution in [-0.2, 0) is 0 Å². The summed E-state index contributed by atoms with van der Waals surface area (Å²) in [7, 11) is 0. The number of hydrogen-bond acceptors (Lipinski definition) is 3. The minimum atomic E-state index is -0.168. The van der Waals surface area contributed by atoms with Gasteiger partial charge in [-0.05, 0) is 55.9 Å². The SMILES string of the molecule is O=C1C=C(Nc2ccccc2)C(=O)c2c1ccc1ccc3ccc4ccc5ccccc5c4c3c21. The summed E-state index contributed by atoms with van der Waals surface area (Å²) >= 11 is 0. The first-order valence-corrected chi connectivity index (χ1v) is 11.6. The first kappa shape index (κ1) is 19.7. The van der Waals surface area contributed by atoms with Gasteiger partial charge in [-0.15, -0.1) is 0 Å². The molecule has 0 amide bonds. The summed E-state index contributed by atoms with van der Waals surface area (Å²) in [6, 6.07) is 34.1. The minimum Gasteiger partial charge on any atom is -0.352 e. The number of fused-ring (bicyclic) bond motifs is 9. The number of benzene rings is 6. The van der Waals surface area contributed by atoms with Crippen LogP contribution in [0.4, 0.5) is 5.69 Å². The molecule has 3 nitrogen and oxygen atoms in total. The van der Waals surface area contributed by atoms with E-state index < -0.39 is 0 Å². The van der Waals surface area contributed by atoms with Gasteiger partial charge in [-0.1, -0.05) is 84.9 Å². The molecule has 0 radical (unpaired) electrons. The maximum absolute atomic E-state index is 13.9. The fourth-order valence-corrected chi connectivity index (χ4v) is 5.35. The van der Waals surface area contributed by atoms with Crippen molar-refractivity contribution in [2.45, 2.75) is 0 Å². The summed E-state index contributed by atoms with van der Waals surface area (Å²) in [5, 5.41) is 11.5. The summed E-state index contributed by atoms with van der Waals surface area (Å²) in [6.45, 7) is 0. The number of ketones is 2. The fourth-order valence-electron chi connectivity index (χ4n) is 5.35. The van der Waals surface area contributed by atoms with Crippen LogP contribution in [0.2, 0.25) is 0 Å².